The van der Waals surface area contributed by atoms with Crippen LogP contribution in [0, 0.1) is 13.8 Å². The fourth-order valence-electron chi connectivity index (χ4n) is 4.48. The third-order valence-electron chi connectivity index (χ3n) is 6.54. The molecule has 0 bridgehead atoms. The summed E-state index contributed by atoms with van der Waals surface area (Å²) >= 11 is 1.42. The number of carbonyl (C=O) groups is 1. The number of fused-ring (bicyclic) bond motifs is 2. The Labute approximate surface area is 238 Å². The Morgan fingerprint density at radius 3 is 2.54 bits per heavy atom. The second-order valence-corrected chi connectivity index (χ2v) is 12.2. The molecule has 14 heteroatoms. The van der Waals surface area contributed by atoms with Crippen molar-refractivity contribution in [3.05, 3.63) is 88.6 Å². The largest absolute Gasteiger partial charge is 0.326 e. The number of hydrogen-bond acceptors (Lipinski definition) is 9. The Morgan fingerprint density at radius 2 is 1.80 bits per heavy atom. The van der Waals surface area contributed by atoms with Gasteiger partial charge in [-0.2, -0.15) is 5.10 Å². The lowest BCUT2D eigenvalue weighted by Gasteiger charge is -2.14. The molecule has 6 rings (SSSR count). The van der Waals surface area contributed by atoms with Gasteiger partial charge in [0.1, 0.15) is 5.39 Å². The SMILES string of the molecule is Cc1ccc(-n2ncc3c(=O)n4c(nc32)SCC4CC(=O)Nc2ccc(S(=O)(=O)Nc3nccc(C)n3)cc2)cc1. The van der Waals surface area contributed by atoms with Crippen LogP contribution in [0.1, 0.15) is 23.7 Å². The van der Waals surface area contributed by atoms with Crippen LogP contribution >= 0.6 is 11.8 Å². The van der Waals surface area contributed by atoms with Gasteiger partial charge in [0, 0.05) is 29.8 Å². The number of nitrogens with zero attached hydrogens (tertiary/aromatic N) is 6. The van der Waals surface area contributed by atoms with E-state index in [0.717, 1.165) is 11.3 Å². The van der Waals surface area contributed by atoms with E-state index in [1.165, 1.54) is 48.4 Å². The van der Waals surface area contributed by atoms with Crippen LogP contribution in [0.2, 0.25) is 0 Å². The highest BCUT2D eigenvalue weighted by Crippen LogP contribution is 2.33. The number of carbonyl (C=O) groups excluding carboxylic acids is 1. The summed E-state index contributed by atoms with van der Waals surface area (Å²) in [5.74, 6) is 0.179. The van der Waals surface area contributed by atoms with Crippen molar-refractivity contribution in [2.75, 3.05) is 15.8 Å². The molecular weight excluding hydrogens is 564 g/mol. The first-order chi connectivity index (χ1) is 19.7. The molecule has 0 aliphatic carbocycles. The van der Waals surface area contributed by atoms with E-state index in [2.05, 4.69) is 25.1 Å². The van der Waals surface area contributed by atoms with Crippen molar-refractivity contribution in [3.8, 4) is 5.69 Å². The van der Waals surface area contributed by atoms with E-state index >= 15 is 0 Å². The molecule has 0 saturated carbocycles. The molecule has 1 aliphatic rings. The zero-order chi connectivity index (χ0) is 28.7. The van der Waals surface area contributed by atoms with E-state index < -0.39 is 10.0 Å². The van der Waals surface area contributed by atoms with Crippen molar-refractivity contribution in [3.63, 3.8) is 0 Å². The fraction of sp³-hybridized carbons (Fsp3) is 0.185. The molecule has 1 aliphatic heterocycles. The second-order valence-electron chi connectivity index (χ2n) is 9.57. The Kier molecular flexibility index (Phi) is 6.79. The van der Waals surface area contributed by atoms with Crippen LogP contribution in [0.4, 0.5) is 11.6 Å². The van der Waals surface area contributed by atoms with E-state index in [-0.39, 0.29) is 34.8 Å². The maximum Gasteiger partial charge on any atom is 0.265 e. The molecule has 1 amide bonds. The topological polar surface area (TPSA) is 154 Å². The highest BCUT2D eigenvalue weighted by atomic mass is 32.2. The Bertz CT molecular complexity index is 1950. The molecule has 0 radical (unpaired) electrons. The van der Waals surface area contributed by atoms with Crippen LogP contribution in [-0.4, -0.2) is 49.4 Å². The lowest BCUT2D eigenvalue weighted by molar-refractivity contribution is -0.116. The molecule has 41 heavy (non-hydrogen) atoms. The number of hydrogen-bond donors (Lipinski definition) is 2. The third kappa shape index (κ3) is 5.30. The van der Waals surface area contributed by atoms with Crippen LogP contribution in [-0.2, 0) is 14.8 Å². The first-order valence-corrected chi connectivity index (χ1v) is 15.1. The molecule has 2 aromatic carbocycles. The lowest BCUT2D eigenvalue weighted by atomic mass is 10.2. The Hall–Kier alpha value is -4.56. The normalized spacial score (nSPS) is 14.6. The number of aromatic nitrogens is 6. The first kappa shape index (κ1) is 26.7. The third-order valence-corrected chi connectivity index (χ3v) is 8.98. The predicted molar refractivity (Wildman–Crippen MR) is 155 cm³/mol. The van der Waals surface area contributed by atoms with Crippen molar-refractivity contribution < 1.29 is 13.2 Å². The lowest BCUT2D eigenvalue weighted by Crippen LogP contribution is -2.27. The highest BCUT2D eigenvalue weighted by Gasteiger charge is 2.29. The number of amides is 1. The van der Waals surface area contributed by atoms with Gasteiger partial charge in [0.2, 0.25) is 11.9 Å². The van der Waals surface area contributed by atoms with Crippen molar-refractivity contribution in [2.45, 2.75) is 36.4 Å². The molecule has 1 atom stereocenters. The van der Waals surface area contributed by atoms with Crippen molar-refractivity contribution >= 4 is 50.4 Å². The Morgan fingerprint density at radius 1 is 1.05 bits per heavy atom. The van der Waals surface area contributed by atoms with Crippen LogP contribution < -0.4 is 15.6 Å². The number of rotatable bonds is 7. The number of benzene rings is 2. The number of thioether (sulfide) groups is 1. The van der Waals surface area contributed by atoms with E-state index in [1.54, 1.807) is 22.2 Å². The van der Waals surface area contributed by atoms with E-state index in [0.29, 0.717) is 33.3 Å². The molecule has 208 valence electrons. The molecule has 3 aromatic heterocycles. The van der Waals surface area contributed by atoms with Gasteiger partial charge in [-0.05, 0) is 56.3 Å². The van der Waals surface area contributed by atoms with Crippen LogP contribution in [0.25, 0.3) is 16.7 Å². The fourth-order valence-corrected chi connectivity index (χ4v) is 6.56. The molecule has 0 saturated heterocycles. The van der Waals surface area contributed by atoms with Gasteiger partial charge in [0.15, 0.2) is 10.8 Å². The highest BCUT2D eigenvalue weighted by molar-refractivity contribution is 7.99. The summed E-state index contributed by atoms with van der Waals surface area (Å²) in [6.45, 7) is 3.73. The van der Waals surface area contributed by atoms with Gasteiger partial charge >= 0.3 is 0 Å². The smallest absolute Gasteiger partial charge is 0.265 e. The average Bonchev–Trinajstić information content (AvgIpc) is 3.54. The van der Waals surface area contributed by atoms with Gasteiger partial charge in [-0.15, -0.1) is 0 Å². The zero-order valence-electron chi connectivity index (χ0n) is 22.0. The maximum absolute atomic E-state index is 13.4. The summed E-state index contributed by atoms with van der Waals surface area (Å²) in [6.07, 6.45) is 3.02. The van der Waals surface area contributed by atoms with Crippen LogP contribution in [0.5, 0.6) is 0 Å². The summed E-state index contributed by atoms with van der Waals surface area (Å²) < 4.78 is 30.9. The van der Waals surface area contributed by atoms with E-state index in [9.17, 15) is 18.0 Å². The minimum Gasteiger partial charge on any atom is -0.326 e. The molecule has 2 N–H and O–H groups in total. The number of aryl methyl sites for hydroxylation is 2. The zero-order valence-corrected chi connectivity index (χ0v) is 23.6. The molecule has 1 unspecified atom stereocenters. The molecule has 12 nitrogen and oxygen atoms in total. The average molecular weight is 589 g/mol. The summed E-state index contributed by atoms with van der Waals surface area (Å²) in [4.78, 5) is 39.0. The monoisotopic (exact) mass is 588 g/mol. The number of nitrogens with one attached hydrogen (secondary N) is 2. The van der Waals surface area contributed by atoms with Gasteiger partial charge in [0.25, 0.3) is 15.6 Å². The quantitative estimate of drug-likeness (QED) is 0.272. The van der Waals surface area contributed by atoms with Crippen molar-refractivity contribution in [1.82, 2.24) is 29.3 Å². The first-order valence-electron chi connectivity index (χ1n) is 12.6. The van der Waals surface area contributed by atoms with Gasteiger partial charge in [-0.1, -0.05) is 29.5 Å². The summed E-state index contributed by atoms with van der Waals surface area (Å²) in [7, 11) is -3.91. The van der Waals surface area contributed by atoms with Gasteiger partial charge in [-0.3, -0.25) is 14.2 Å². The number of anilines is 2. The van der Waals surface area contributed by atoms with Crippen LogP contribution in [0.15, 0.2) is 81.8 Å². The van der Waals surface area contributed by atoms with Crippen molar-refractivity contribution in [1.29, 1.82) is 0 Å². The molecule has 4 heterocycles. The van der Waals surface area contributed by atoms with E-state index in [4.69, 9.17) is 4.98 Å². The van der Waals surface area contributed by atoms with Crippen molar-refractivity contribution in [2.24, 2.45) is 0 Å². The summed E-state index contributed by atoms with van der Waals surface area (Å²) in [6, 6.07) is 14.8. The molecule has 0 fully saturated rings. The van der Waals surface area contributed by atoms with Gasteiger partial charge < -0.3 is 5.32 Å². The minimum absolute atomic E-state index is 0.00504. The minimum atomic E-state index is -3.91. The molecule has 0 spiro atoms. The summed E-state index contributed by atoms with van der Waals surface area (Å²) in [5, 5.41) is 8.08. The summed E-state index contributed by atoms with van der Waals surface area (Å²) in [5.41, 5.74) is 3.19. The van der Waals surface area contributed by atoms with Gasteiger partial charge in [0.05, 0.1) is 22.8 Å². The number of sulfonamides is 1. The standard InChI is InChI=1S/C27H24N8O4S2/c1-16-3-7-19(8-4-16)35-24-22(14-29-35)25(37)34-20(15-40-27(34)32-24)13-23(36)31-18-5-9-21(10-6-18)41(38,39)33-26-28-12-11-17(2)30-26/h3-12,14,20H,13,15H2,1-2H3,(H,31,36)(H,28,30,33). The molecule has 5 aromatic rings. The van der Waals surface area contributed by atoms with Crippen LogP contribution in [0.3, 0.4) is 0 Å². The predicted octanol–water partition coefficient (Wildman–Crippen LogP) is 3.47. The van der Waals surface area contributed by atoms with Gasteiger partial charge in [-0.25, -0.2) is 32.8 Å². The maximum atomic E-state index is 13.4. The second kappa shape index (κ2) is 10.4. The molecular formula is C27H24N8O4S2. The van der Waals surface area contributed by atoms with E-state index in [1.807, 2.05) is 31.2 Å². The Balaban J connectivity index is 1.16.